The third-order valence-electron chi connectivity index (χ3n) is 3.06. The zero-order valence-electron chi connectivity index (χ0n) is 11.8. The minimum atomic E-state index is 0.413. The van der Waals surface area contributed by atoms with Crippen LogP contribution in [-0.2, 0) is 6.42 Å². The molecule has 0 aliphatic rings. The topological polar surface area (TPSA) is 15.3 Å². The molecule has 0 amide bonds. The van der Waals surface area contributed by atoms with Gasteiger partial charge in [0.15, 0.2) is 0 Å². The first kappa shape index (κ1) is 14.2. The van der Waals surface area contributed by atoms with E-state index < -0.39 is 0 Å². The van der Waals surface area contributed by atoms with E-state index in [0.717, 1.165) is 13.0 Å². The summed E-state index contributed by atoms with van der Waals surface area (Å²) in [6.07, 6.45) is 1.11. The lowest BCUT2D eigenvalue weighted by molar-refractivity contribution is 0.334. The zero-order chi connectivity index (χ0) is 12.8. The van der Waals surface area contributed by atoms with E-state index in [1.165, 1.54) is 11.1 Å². The molecule has 96 valence electrons. The normalized spacial score (nSPS) is 14.9. The Bertz CT molecular complexity index is 316. The molecule has 0 aliphatic carbocycles. The lowest BCUT2D eigenvalue weighted by Gasteiger charge is -2.23. The van der Waals surface area contributed by atoms with Crippen molar-refractivity contribution in [2.75, 3.05) is 20.6 Å². The van der Waals surface area contributed by atoms with Gasteiger partial charge in [0.1, 0.15) is 0 Å². The standard InChI is InChI=1S/C15H26N2/c1-6-14-7-9-15(10-8-14)13(3)16-12(2)11-17(4)5/h7-10,12-13,16H,6,11H2,1-5H3. The average molecular weight is 234 g/mol. The van der Waals surface area contributed by atoms with Gasteiger partial charge in [0.05, 0.1) is 0 Å². The van der Waals surface area contributed by atoms with Gasteiger partial charge in [-0.1, -0.05) is 31.2 Å². The molecular weight excluding hydrogens is 208 g/mol. The third kappa shape index (κ3) is 4.88. The molecule has 2 nitrogen and oxygen atoms in total. The van der Waals surface area contributed by atoms with Gasteiger partial charge < -0.3 is 10.2 Å². The molecule has 1 aromatic rings. The van der Waals surface area contributed by atoms with E-state index in [9.17, 15) is 0 Å². The largest absolute Gasteiger partial charge is 0.308 e. The summed E-state index contributed by atoms with van der Waals surface area (Å²) in [5, 5.41) is 3.62. The highest BCUT2D eigenvalue weighted by atomic mass is 15.1. The third-order valence-corrected chi connectivity index (χ3v) is 3.06. The summed E-state index contributed by atoms with van der Waals surface area (Å²) in [5.74, 6) is 0. The molecule has 2 atom stereocenters. The number of likely N-dealkylation sites (N-methyl/N-ethyl adjacent to an activating group) is 1. The SMILES string of the molecule is CCc1ccc(C(C)NC(C)CN(C)C)cc1. The van der Waals surface area contributed by atoms with Crippen LogP contribution in [0.4, 0.5) is 0 Å². The first-order chi connectivity index (χ1) is 8.02. The molecule has 0 saturated carbocycles. The van der Waals surface area contributed by atoms with Crippen LogP contribution >= 0.6 is 0 Å². The second kappa shape index (κ2) is 6.77. The summed E-state index contributed by atoms with van der Waals surface area (Å²) in [5.41, 5.74) is 2.77. The van der Waals surface area contributed by atoms with Gasteiger partial charge in [-0.2, -0.15) is 0 Å². The minimum Gasteiger partial charge on any atom is -0.308 e. The summed E-state index contributed by atoms with van der Waals surface area (Å²) in [4.78, 5) is 2.21. The second-order valence-corrected chi connectivity index (χ2v) is 5.15. The zero-order valence-corrected chi connectivity index (χ0v) is 11.8. The molecule has 0 radical (unpaired) electrons. The summed E-state index contributed by atoms with van der Waals surface area (Å²) >= 11 is 0. The van der Waals surface area contributed by atoms with Gasteiger partial charge in [0, 0.05) is 18.6 Å². The molecule has 0 heterocycles. The Morgan fingerprint density at radius 1 is 1.12 bits per heavy atom. The van der Waals surface area contributed by atoms with Gasteiger partial charge in [-0.25, -0.2) is 0 Å². The van der Waals surface area contributed by atoms with E-state index in [1.54, 1.807) is 0 Å². The van der Waals surface area contributed by atoms with Gasteiger partial charge in [-0.3, -0.25) is 0 Å². The lowest BCUT2D eigenvalue weighted by Crippen LogP contribution is -2.37. The van der Waals surface area contributed by atoms with Crippen molar-refractivity contribution in [3.05, 3.63) is 35.4 Å². The van der Waals surface area contributed by atoms with Crippen LogP contribution in [0.3, 0.4) is 0 Å². The van der Waals surface area contributed by atoms with E-state index in [2.05, 4.69) is 69.3 Å². The van der Waals surface area contributed by atoms with Crippen molar-refractivity contribution < 1.29 is 0 Å². The summed E-state index contributed by atoms with van der Waals surface area (Å²) in [6, 6.07) is 9.84. The van der Waals surface area contributed by atoms with Crippen molar-refractivity contribution in [2.45, 2.75) is 39.3 Å². The molecule has 1 aromatic carbocycles. The number of benzene rings is 1. The van der Waals surface area contributed by atoms with Crippen LogP contribution in [0, 0.1) is 0 Å². The van der Waals surface area contributed by atoms with Crippen LogP contribution in [0.15, 0.2) is 24.3 Å². The minimum absolute atomic E-state index is 0.413. The predicted octanol–water partition coefficient (Wildman–Crippen LogP) is 2.85. The van der Waals surface area contributed by atoms with Crippen LogP contribution in [0.1, 0.15) is 37.9 Å². The van der Waals surface area contributed by atoms with E-state index in [0.29, 0.717) is 12.1 Å². The fourth-order valence-electron chi connectivity index (χ4n) is 2.17. The van der Waals surface area contributed by atoms with Crippen molar-refractivity contribution >= 4 is 0 Å². The number of aryl methyl sites for hydroxylation is 1. The first-order valence-electron chi connectivity index (χ1n) is 6.52. The van der Waals surface area contributed by atoms with E-state index in [1.807, 2.05) is 0 Å². The van der Waals surface area contributed by atoms with Gasteiger partial charge in [-0.05, 0) is 45.5 Å². The fraction of sp³-hybridized carbons (Fsp3) is 0.600. The van der Waals surface area contributed by atoms with Crippen molar-refractivity contribution in [3.8, 4) is 0 Å². The first-order valence-corrected chi connectivity index (χ1v) is 6.52. The van der Waals surface area contributed by atoms with Gasteiger partial charge >= 0.3 is 0 Å². The maximum Gasteiger partial charge on any atom is 0.0294 e. The number of hydrogen-bond acceptors (Lipinski definition) is 2. The highest BCUT2D eigenvalue weighted by Gasteiger charge is 2.09. The highest BCUT2D eigenvalue weighted by molar-refractivity contribution is 5.24. The summed E-state index contributed by atoms with van der Waals surface area (Å²) < 4.78 is 0. The number of nitrogens with zero attached hydrogens (tertiary/aromatic N) is 1. The second-order valence-electron chi connectivity index (χ2n) is 5.15. The Morgan fingerprint density at radius 2 is 1.71 bits per heavy atom. The molecule has 0 aliphatic heterocycles. The van der Waals surface area contributed by atoms with Crippen LogP contribution in [0.25, 0.3) is 0 Å². The lowest BCUT2D eigenvalue weighted by atomic mass is 10.0. The Morgan fingerprint density at radius 3 is 2.18 bits per heavy atom. The molecule has 0 aromatic heterocycles. The van der Waals surface area contributed by atoms with Gasteiger partial charge in [0.25, 0.3) is 0 Å². The number of nitrogens with one attached hydrogen (secondary N) is 1. The summed E-state index contributed by atoms with van der Waals surface area (Å²) in [6.45, 7) is 7.72. The van der Waals surface area contributed by atoms with E-state index in [4.69, 9.17) is 0 Å². The molecule has 2 unspecified atom stereocenters. The molecule has 0 saturated heterocycles. The molecule has 0 fully saturated rings. The quantitative estimate of drug-likeness (QED) is 0.814. The number of hydrogen-bond donors (Lipinski definition) is 1. The van der Waals surface area contributed by atoms with Crippen molar-refractivity contribution in [3.63, 3.8) is 0 Å². The predicted molar refractivity (Wildman–Crippen MR) is 75.4 cm³/mol. The Balaban J connectivity index is 2.53. The van der Waals surface area contributed by atoms with Crippen molar-refractivity contribution in [2.24, 2.45) is 0 Å². The van der Waals surface area contributed by atoms with Crippen LogP contribution in [0.2, 0.25) is 0 Å². The van der Waals surface area contributed by atoms with E-state index in [-0.39, 0.29) is 0 Å². The molecule has 0 spiro atoms. The smallest absolute Gasteiger partial charge is 0.0294 e. The molecular formula is C15H26N2. The molecule has 2 heteroatoms. The summed E-state index contributed by atoms with van der Waals surface area (Å²) in [7, 11) is 4.22. The van der Waals surface area contributed by atoms with Crippen molar-refractivity contribution in [1.29, 1.82) is 0 Å². The highest BCUT2D eigenvalue weighted by Crippen LogP contribution is 2.14. The van der Waals surface area contributed by atoms with Crippen LogP contribution in [0.5, 0.6) is 0 Å². The molecule has 17 heavy (non-hydrogen) atoms. The fourth-order valence-corrected chi connectivity index (χ4v) is 2.17. The Hall–Kier alpha value is -0.860. The maximum absolute atomic E-state index is 3.62. The van der Waals surface area contributed by atoms with E-state index >= 15 is 0 Å². The van der Waals surface area contributed by atoms with Crippen molar-refractivity contribution in [1.82, 2.24) is 10.2 Å². The molecule has 0 bridgehead atoms. The van der Waals surface area contributed by atoms with Crippen LogP contribution in [-0.4, -0.2) is 31.6 Å². The molecule has 1 rings (SSSR count). The van der Waals surface area contributed by atoms with Gasteiger partial charge in [0.2, 0.25) is 0 Å². The molecule has 1 N–H and O–H groups in total. The Labute approximate surface area is 106 Å². The average Bonchev–Trinajstić information content (AvgIpc) is 2.28. The maximum atomic E-state index is 3.62. The Kier molecular flexibility index (Phi) is 5.66. The van der Waals surface area contributed by atoms with Gasteiger partial charge in [-0.15, -0.1) is 0 Å². The van der Waals surface area contributed by atoms with Crippen LogP contribution < -0.4 is 5.32 Å². The monoisotopic (exact) mass is 234 g/mol. The number of rotatable bonds is 6.